The maximum absolute atomic E-state index is 15.1. The molecule has 4 aliphatic rings. The molecule has 0 bridgehead atoms. The normalized spacial score (nSPS) is 28.1. The number of urea groups is 1. The molecule has 3 fully saturated rings. The number of ether oxygens (including phenoxy) is 1. The van der Waals surface area contributed by atoms with Gasteiger partial charge in [0.2, 0.25) is 11.8 Å². The topological polar surface area (TPSA) is 159 Å². The van der Waals surface area contributed by atoms with E-state index in [1.807, 2.05) is 6.08 Å². The third-order valence-corrected chi connectivity index (χ3v) is 10.6. The quantitative estimate of drug-likeness (QED) is 0.258. The SMILES string of the molecule is COc1ccc(C23C(=O)N(Nc4ccc(Cl)cc4Cl)C(=O)C2CC2C(=CCC4C(=O)N(C(N)=O)C(=O)C42)C3c2ccccc2O)cc1. The van der Waals surface area contributed by atoms with E-state index in [1.54, 1.807) is 54.6 Å². The van der Waals surface area contributed by atoms with Crippen LogP contribution in [0.15, 0.2) is 78.4 Å². The lowest BCUT2D eigenvalue weighted by molar-refractivity contribution is -0.139. The number of aromatic hydroxyl groups is 1. The van der Waals surface area contributed by atoms with E-state index in [-0.39, 0.29) is 29.3 Å². The fourth-order valence-electron chi connectivity index (χ4n) is 8.14. The summed E-state index contributed by atoms with van der Waals surface area (Å²) in [5, 5.41) is 12.8. The number of fused-ring (bicyclic) bond motifs is 4. The lowest BCUT2D eigenvalue weighted by atomic mass is 9.49. The first kappa shape index (κ1) is 30.8. The second-order valence-corrected chi connectivity index (χ2v) is 13.0. The first-order valence-electron chi connectivity index (χ1n) is 14.9. The minimum atomic E-state index is -1.63. The number of nitrogens with zero attached hydrogens (tertiary/aromatic N) is 2. The van der Waals surface area contributed by atoms with Crippen molar-refractivity contribution in [2.45, 2.75) is 24.2 Å². The largest absolute Gasteiger partial charge is 0.508 e. The van der Waals surface area contributed by atoms with Crippen molar-refractivity contribution in [3.63, 3.8) is 0 Å². The van der Waals surface area contributed by atoms with Crippen molar-refractivity contribution in [2.24, 2.45) is 29.4 Å². The first-order valence-corrected chi connectivity index (χ1v) is 15.7. The number of phenolic OH excluding ortho intramolecular Hbond substituents is 1. The second kappa shape index (κ2) is 11.1. The Morgan fingerprint density at radius 2 is 1.70 bits per heavy atom. The summed E-state index contributed by atoms with van der Waals surface area (Å²) in [5.74, 6) is -6.86. The Bertz CT molecular complexity index is 1910. The number of hydrogen-bond acceptors (Lipinski definition) is 8. The van der Waals surface area contributed by atoms with Gasteiger partial charge in [-0.15, -0.1) is 0 Å². The highest BCUT2D eigenvalue weighted by Gasteiger charge is 2.70. The number of primary amides is 1. The van der Waals surface area contributed by atoms with Crippen LogP contribution in [0.3, 0.4) is 0 Å². The van der Waals surface area contributed by atoms with Gasteiger partial charge in [0.15, 0.2) is 0 Å². The highest BCUT2D eigenvalue weighted by atomic mass is 35.5. The lowest BCUT2D eigenvalue weighted by Gasteiger charge is -2.50. The Morgan fingerprint density at radius 3 is 2.36 bits per heavy atom. The number of halogens is 2. The van der Waals surface area contributed by atoms with Crippen LogP contribution in [0.25, 0.3) is 0 Å². The Hall–Kier alpha value is -4.87. The number of amides is 6. The lowest BCUT2D eigenvalue weighted by Crippen LogP contribution is -2.53. The van der Waals surface area contributed by atoms with Gasteiger partial charge in [-0.05, 0) is 60.7 Å². The van der Waals surface area contributed by atoms with Crippen LogP contribution in [0.2, 0.25) is 10.0 Å². The Labute approximate surface area is 278 Å². The third-order valence-electron chi connectivity index (χ3n) is 10.0. The molecule has 0 aromatic heterocycles. The number of rotatable bonds is 5. The molecule has 2 heterocycles. The number of imide groups is 4. The molecule has 2 saturated heterocycles. The van der Waals surface area contributed by atoms with Crippen molar-refractivity contribution in [3.8, 4) is 11.5 Å². The average molecular weight is 676 g/mol. The molecule has 1 saturated carbocycles. The highest BCUT2D eigenvalue weighted by Crippen LogP contribution is 2.65. The summed E-state index contributed by atoms with van der Waals surface area (Å²) < 4.78 is 5.39. The molecule has 3 aromatic carbocycles. The number of likely N-dealkylation sites (tertiary alicyclic amines) is 1. The van der Waals surface area contributed by atoms with Gasteiger partial charge in [-0.25, -0.2) is 4.79 Å². The van der Waals surface area contributed by atoms with E-state index in [4.69, 9.17) is 33.7 Å². The minimum absolute atomic E-state index is 0.00809. The van der Waals surface area contributed by atoms with Gasteiger partial charge in [0, 0.05) is 16.5 Å². The van der Waals surface area contributed by atoms with Crippen molar-refractivity contribution in [2.75, 3.05) is 12.5 Å². The van der Waals surface area contributed by atoms with Crippen LogP contribution in [0.4, 0.5) is 10.5 Å². The first-order chi connectivity index (χ1) is 22.5. The zero-order valence-electron chi connectivity index (χ0n) is 24.9. The van der Waals surface area contributed by atoms with E-state index in [0.29, 0.717) is 32.4 Å². The number of carbonyl (C=O) groups excluding carboxylic acids is 5. The maximum Gasteiger partial charge on any atom is 0.328 e. The Balaban J connectivity index is 1.47. The smallest absolute Gasteiger partial charge is 0.328 e. The molecule has 13 heteroatoms. The molecule has 11 nitrogen and oxygen atoms in total. The van der Waals surface area contributed by atoms with Gasteiger partial charge in [0.25, 0.3) is 11.8 Å². The summed E-state index contributed by atoms with van der Waals surface area (Å²) >= 11 is 12.6. The van der Waals surface area contributed by atoms with Crippen LogP contribution >= 0.6 is 23.2 Å². The van der Waals surface area contributed by atoms with Crippen LogP contribution in [-0.4, -0.2) is 51.8 Å². The summed E-state index contributed by atoms with van der Waals surface area (Å²) in [6, 6.07) is 16.7. The van der Waals surface area contributed by atoms with E-state index in [9.17, 15) is 24.3 Å². The molecule has 0 spiro atoms. The van der Waals surface area contributed by atoms with Gasteiger partial charge in [-0.3, -0.25) is 24.6 Å². The predicted octanol–water partition coefficient (Wildman–Crippen LogP) is 4.77. The molecule has 2 aliphatic heterocycles. The fourth-order valence-corrected chi connectivity index (χ4v) is 8.59. The monoisotopic (exact) mass is 674 g/mol. The number of allylic oxidation sites excluding steroid dienone is 2. The summed E-state index contributed by atoms with van der Waals surface area (Å²) in [6.07, 6.45) is 1.90. The van der Waals surface area contributed by atoms with E-state index in [0.717, 1.165) is 5.01 Å². The van der Waals surface area contributed by atoms with Gasteiger partial charge in [0.1, 0.15) is 11.5 Å². The van der Waals surface area contributed by atoms with Crippen molar-refractivity contribution >= 4 is 58.5 Å². The van der Waals surface area contributed by atoms with Crippen LogP contribution in [0.5, 0.6) is 11.5 Å². The maximum atomic E-state index is 15.1. The number of methoxy groups -OCH3 is 1. The molecule has 4 N–H and O–H groups in total. The molecule has 2 aliphatic carbocycles. The van der Waals surface area contributed by atoms with Gasteiger partial charge >= 0.3 is 6.03 Å². The highest BCUT2D eigenvalue weighted by molar-refractivity contribution is 6.36. The summed E-state index contributed by atoms with van der Waals surface area (Å²) in [4.78, 5) is 69.3. The number of hydrogen-bond donors (Lipinski definition) is 3. The molecule has 3 aromatic rings. The van der Waals surface area contributed by atoms with Crippen LogP contribution in [0.1, 0.15) is 29.9 Å². The summed E-state index contributed by atoms with van der Waals surface area (Å²) in [6.45, 7) is 0. The van der Waals surface area contributed by atoms with E-state index >= 15 is 4.79 Å². The van der Waals surface area contributed by atoms with Gasteiger partial charge in [-0.2, -0.15) is 9.91 Å². The standard InChI is InChI=1S/C34H28Cl2N4O7/c1-47-18-9-6-16(7-10-18)34-23(30(43)40(32(34)45)38-25-13-8-17(35)14-24(25)36)15-22-19(28(34)20-4-2-3-5-26(20)41)11-12-21-27(22)31(44)39(29(21)42)33(37)46/h2-11,13-14,21-23,27-28,38,41H,12,15H2,1H3,(H2,37,46). The number of benzene rings is 3. The van der Waals surface area contributed by atoms with E-state index in [1.165, 1.54) is 19.2 Å². The molecule has 240 valence electrons. The molecule has 7 rings (SSSR count). The number of nitrogens with two attached hydrogens (primary N) is 1. The Morgan fingerprint density at radius 1 is 0.979 bits per heavy atom. The van der Waals surface area contributed by atoms with Crippen molar-refractivity contribution < 1.29 is 33.8 Å². The summed E-state index contributed by atoms with van der Waals surface area (Å²) in [7, 11) is 1.51. The van der Waals surface area contributed by atoms with Crippen LogP contribution in [-0.2, 0) is 24.6 Å². The Kier molecular flexibility index (Phi) is 7.29. The summed E-state index contributed by atoms with van der Waals surface area (Å²) in [5.41, 5.74) is 8.44. The average Bonchev–Trinajstić information content (AvgIpc) is 3.43. The zero-order valence-corrected chi connectivity index (χ0v) is 26.4. The van der Waals surface area contributed by atoms with Gasteiger partial charge in [0.05, 0.1) is 41.0 Å². The van der Waals surface area contributed by atoms with E-state index < -0.39 is 64.7 Å². The van der Waals surface area contributed by atoms with Crippen molar-refractivity contribution in [1.82, 2.24) is 9.91 Å². The molecular weight excluding hydrogens is 647 g/mol. The number of phenols is 1. The number of anilines is 1. The van der Waals surface area contributed by atoms with Gasteiger partial charge < -0.3 is 15.6 Å². The van der Waals surface area contributed by atoms with E-state index in [2.05, 4.69) is 5.43 Å². The van der Waals surface area contributed by atoms with Crippen molar-refractivity contribution in [1.29, 1.82) is 0 Å². The molecule has 6 atom stereocenters. The molecule has 47 heavy (non-hydrogen) atoms. The number of hydrazine groups is 1. The second-order valence-electron chi connectivity index (χ2n) is 12.1. The third kappa shape index (κ3) is 4.36. The fraction of sp³-hybridized carbons (Fsp3) is 0.265. The van der Waals surface area contributed by atoms with Gasteiger partial charge in [-0.1, -0.05) is 65.2 Å². The number of para-hydroxylation sites is 1. The molecule has 6 unspecified atom stereocenters. The molecular formula is C34H28Cl2N4O7. The minimum Gasteiger partial charge on any atom is -0.508 e. The molecule has 0 radical (unpaired) electrons. The van der Waals surface area contributed by atoms with Crippen LogP contribution < -0.4 is 15.9 Å². The predicted molar refractivity (Wildman–Crippen MR) is 170 cm³/mol. The van der Waals surface area contributed by atoms with Crippen LogP contribution in [0, 0.1) is 23.7 Å². The van der Waals surface area contributed by atoms with Crippen molar-refractivity contribution in [3.05, 3.63) is 99.6 Å². The molecule has 6 amide bonds. The zero-order chi connectivity index (χ0) is 33.4. The number of carbonyl (C=O) groups is 5. The number of nitrogens with one attached hydrogen (secondary N) is 1.